The summed E-state index contributed by atoms with van der Waals surface area (Å²) in [6, 6.07) is 6.14. The third-order valence-electron chi connectivity index (χ3n) is 1.64. The Morgan fingerprint density at radius 1 is 1.38 bits per heavy atom. The third kappa shape index (κ3) is 3.11. The van der Waals surface area contributed by atoms with E-state index < -0.39 is 10.8 Å². The van der Waals surface area contributed by atoms with Crippen molar-refractivity contribution in [2.24, 2.45) is 0 Å². The second kappa shape index (κ2) is 4.33. The highest BCUT2D eigenvalue weighted by Gasteiger charge is 1.96. The molecule has 0 saturated carbocycles. The predicted molar refractivity (Wildman–Crippen MR) is 54.1 cm³/mol. The lowest BCUT2D eigenvalue weighted by Gasteiger charge is -1.99. The summed E-state index contributed by atoms with van der Waals surface area (Å²) in [4.78, 5) is 0. The van der Waals surface area contributed by atoms with Gasteiger partial charge in [0.25, 0.3) is 0 Å². The fourth-order valence-corrected chi connectivity index (χ4v) is 1.66. The van der Waals surface area contributed by atoms with Gasteiger partial charge in [0.05, 0.1) is 0 Å². The Labute approximate surface area is 79.7 Å². The van der Waals surface area contributed by atoms with Gasteiger partial charge in [-0.05, 0) is 30.2 Å². The summed E-state index contributed by atoms with van der Waals surface area (Å²) in [6.07, 6.45) is 1.60. The fraction of sp³-hybridized carbons (Fsp3) is 0.200. The van der Waals surface area contributed by atoms with Crippen LogP contribution in [0, 0.1) is 5.82 Å². The molecule has 0 amide bonds. The van der Waals surface area contributed by atoms with Crippen LogP contribution in [-0.2, 0) is 10.8 Å². The van der Waals surface area contributed by atoms with Gasteiger partial charge >= 0.3 is 0 Å². The first kappa shape index (κ1) is 10.1. The lowest BCUT2D eigenvalue weighted by Crippen LogP contribution is -1.83. The van der Waals surface area contributed by atoms with Crippen molar-refractivity contribution in [1.29, 1.82) is 0 Å². The Kier molecular flexibility index (Phi) is 3.37. The topological polar surface area (TPSA) is 17.1 Å². The normalized spacial score (nSPS) is 14.2. The van der Waals surface area contributed by atoms with Gasteiger partial charge in [0.2, 0.25) is 0 Å². The zero-order valence-corrected chi connectivity index (χ0v) is 8.40. The van der Waals surface area contributed by atoms with E-state index in [-0.39, 0.29) is 5.82 Å². The van der Waals surface area contributed by atoms with Gasteiger partial charge in [-0.1, -0.05) is 12.1 Å². The molecule has 0 saturated heterocycles. The molecule has 1 unspecified atom stereocenters. The van der Waals surface area contributed by atoms with Gasteiger partial charge in [0.15, 0.2) is 0 Å². The first-order valence-electron chi connectivity index (χ1n) is 3.86. The standard InChI is InChI=1S/C10H11FOS/c1-8(7-13(2)12)9-3-5-10(11)6-4-9/h3-7H,1-2H3/b8-7+. The van der Waals surface area contributed by atoms with Crippen LogP contribution in [0.1, 0.15) is 12.5 Å². The molecule has 0 fully saturated rings. The molecule has 0 spiro atoms. The monoisotopic (exact) mass is 198 g/mol. The van der Waals surface area contributed by atoms with E-state index in [1.807, 2.05) is 6.92 Å². The molecule has 0 bridgehead atoms. The molecule has 0 aromatic heterocycles. The molecule has 1 aromatic rings. The Morgan fingerprint density at radius 3 is 2.38 bits per heavy atom. The summed E-state index contributed by atoms with van der Waals surface area (Å²) in [5.41, 5.74) is 1.80. The summed E-state index contributed by atoms with van der Waals surface area (Å²) in [6.45, 7) is 1.86. The third-order valence-corrected chi connectivity index (χ3v) is 2.33. The number of hydrogen-bond acceptors (Lipinski definition) is 1. The maximum Gasteiger partial charge on any atom is 0.123 e. The minimum atomic E-state index is -0.957. The average molecular weight is 198 g/mol. The van der Waals surface area contributed by atoms with Crippen LogP contribution in [0.25, 0.3) is 5.57 Å². The molecule has 0 aliphatic rings. The average Bonchev–Trinajstić information content (AvgIpc) is 2.04. The van der Waals surface area contributed by atoms with Gasteiger partial charge < -0.3 is 0 Å². The van der Waals surface area contributed by atoms with E-state index in [9.17, 15) is 8.60 Å². The molecule has 1 aromatic carbocycles. The summed E-state index contributed by atoms with van der Waals surface area (Å²) < 4.78 is 23.4. The van der Waals surface area contributed by atoms with Crippen molar-refractivity contribution < 1.29 is 8.60 Å². The van der Waals surface area contributed by atoms with Crippen molar-refractivity contribution in [2.75, 3.05) is 6.26 Å². The highest BCUT2D eigenvalue weighted by Crippen LogP contribution is 2.14. The molecule has 3 heteroatoms. The maximum absolute atomic E-state index is 12.5. The number of hydrogen-bond donors (Lipinski definition) is 0. The highest BCUT2D eigenvalue weighted by atomic mass is 32.2. The SMILES string of the molecule is C/C(=C\S(C)=O)c1ccc(F)cc1. The molecule has 0 aliphatic carbocycles. The molecule has 1 atom stereocenters. The van der Waals surface area contributed by atoms with Crippen molar-refractivity contribution in [3.63, 3.8) is 0 Å². The molecule has 0 aliphatic heterocycles. The van der Waals surface area contributed by atoms with Crippen molar-refractivity contribution in [2.45, 2.75) is 6.92 Å². The van der Waals surface area contributed by atoms with Gasteiger partial charge in [0.1, 0.15) is 5.82 Å². The quantitative estimate of drug-likeness (QED) is 0.713. The van der Waals surface area contributed by atoms with Gasteiger partial charge in [-0.2, -0.15) is 0 Å². The minimum absolute atomic E-state index is 0.255. The van der Waals surface area contributed by atoms with Crippen molar-refractivity contribution in [3.8, 4) is 0 Å². The van der Waals surface area contributed by atoms with E-state index in [4.69, 9.17) is 0 Å². The van der Waals surface area contributed by atoms with Gasteiger partial charge in [-0.3, -0.25) is 4.21 Å². The molecule has 0 heterocycles. The molecule has 70 valence electrons. The fourth-order valence-electron chi connectivity index (χ4n) is 1.03. The zero-order valence-electron chi connectivity index (χ0n) is 7.58. The largest absolute Gasteiger partial charge is 0.255 e. The number of allylic oxidation sites excluding steroid dienone is 1. The smallest absolute Gasteiger partial charge is 0.123 e. The lowest BCUT2D eigenvalue weighted by molar-refractivity contribution is 0.627. The Bertz CT molecular complexity index is 340. The van der Waals surface area contributed by atoms with E-state index in [0.29, 0.717) is 0 Å². The summed E-state index contributed by atoms with van der Waals surface area (Å²) in [5.74, 6) is -0.255. The van der Waals surface area contributed by atoms with Crippen LogP contribution < -0.4 is 0 Å². The van der Waals surface area contributed by atoms with E-state index in [2.05, 4.69) is 0 Å². The Hall–Kier alpha value is -0.960. The second-order valence-corrected chi connectivity index (χ2v) is 4.04. The van der Waals surface area contributed by atoms with Gasteiger partial charge in [-0.25, -0.2) is 4.39 Å². The van der Waals surface area contributed by atoms with Crippen LogP contribution in [0.3, 0.4) is 0 Å². The Balaban J connectivity index is 2.96. The summed E-state index contributed by atoms with van der Waals surface area (Å²) in [5, 5.41) is 1.65. The first-order chi connectivity index (χ1) is 6.09. The van der Waals surface area contributed by atoms with Crippen LogP contribution in [0.5, 0.6) is 0 Å². The van der Waals surface area contributed by atoms with Crippen molar-refractivity contribution >= 4 is 16.4 Å². The molecule has 1 rings (SSSR count). The highest BCUT2D eigenvalue weighted by molar-refractivity contribution is 7.87. The molecule has 13 heavy (non-hydrogen) atoms. The van der Waals surface area contributed by atoms with Gasteiger partial charge in [-0.15, -0.1) is 0 Å². The first-order valence-corrected chi connectivity index (χ1v) is 5.48. The van der Waals surface area contributed by atoms with Gasteiger partial charge in [0, 0.05) is 22.5 Å². The number of rotatable bonds is 2. The van der Waals surface area contributed by atoms with Crippen molar-refractivity contribution in [1.82, 2.24) is 0 Å². The number of halogens is 1. The molecule has 0 N–H and O–H groups in total. The predicted octanol–water partition coefficient (Wildman–Crippen LogP) is 2.57. The van der Waals surface area contributed by atoms with E-state index in [0.717, 1.165) is 11.1 Å². The molecular weight excluding hydrogens is 187 g/mol. The van der Waals surface area contributed by atoms with Crippen LogP contribution in [0.15, 0.2) is 29.7 Å². The van der Waals surface area contributed by atoms with E-state index >= 15 is 0 Å². The van der Waals surface area contributed by atoms with Crippen LogP contribution in [0.4, 0.5) is 4.39 Å². The second-order valence-electron chi connectivity index (χ2n) is 2.81. The van der Waals surface area contributed by atoms with Crippen LogP contribution >= 0.6 is 0 Å². The maximum atomic E-state index is 12.5. The van der Waals surface area contributed by atoms with Crippen LogP contribution in [0.2, 0.25) is 0 Å². The number of benzene rings is 1. The summed E-state index contributed by atoms with van der Waals surface area (Å²) >= 11 is 0. The summed E-state index contributed by atoms with van der Waals surface area (Å²) in [7, 11) is -0.957. The Morgan fingerprint density at radius 2 is 1.92 bits per heavy atom. The van der Waals surface area contributed by atoms with Crippen molar-refractivity contribution in [3.05, 3.63) is 41.1 Å². The van der Waals surface area contributed by atoms with Crippen LogP contribution in [-0.4, -0.2) is 10.5 Å². The van der Waals surface area contributed by atoms with E-state index in [1.165, 1.54) is 12.1 Å². The minimum Gasteiger partial charge on any atom is -0.255 e. The zero-order chi connectivity index (χ0) is 9.84. The molecular formula is C10H11FOS. The lowest BCUT2D eigenvalue weighted by atomic mass is 10.1. The molecule has 0 radical (unpaired) electrons. The van der Waals surface area contributed by atoms with E-state index in [1.54, 1.807) is 23.8 Å². The molecule has 1 nitrogen and oxygen atoms in total.